The van der Waals surface area contributed by atoms with Gasteiger partial charge in [-0.2, -0.15) is 0 Å². The molecule has 0 aliphatic rings. The quantitative estimate of drug-likeness (QED) is 0.362. The molecule has 0 spiro atoms. The first-order valence-electron chi connectivity index (χ1n) is 9.13. The first-order valence-corrected chi connectivity index (χ1v) is 9.13. The van der Waals surface area contributed by atoms with E-state index in [2.05, 4.69) is 19.1 Å². The highest BCUT2D eigenvalue weighted by molar-refractivity contribution is 5.91. The van der Waals surface area contributed by atoms with Crippen molar-refractivity contribution >= 4 is 5.97 Å². The van der Waals surface area contributed by atoms with Crippen LogP contribution in [0, 0.1) is 6.92 Å². The van der Waals surface area contributed by atoms with E-state index in [4.69, 9.17) is 0 Å². The van der Waals surface area contributed by atoms with E-state index < -0.39 is 5.97 Å². The molecule has 0 heterocycles. The lowest BCUT2D eigenvalue weighted by Crippen LogP contribution is -2.05. The van der Waals surface area contributed by atoms with Crippen molar-refractivity contribution in [3.05, 3.63) is 47.0 Å². The minimum absolute atomic E-state index is 0.500. The molecule has 0 aromatic heterocycles. The summed E-state index contributed by atoms with van der Waals surface area (Å²) in [4.78, 5) is 11.3. The van der Waals surface area contributed by atoms with Gasteiger partial charge in [0.05, 0.1) is 5.56 Å². The molecule has 0 aliphatic heterocycles. The number of carbonyl (C=O) groups is 1. The Bertz CT molecular complexity index is 489. The molecule has 0 saturated carbocycles. The Balaban J connectivity index is 2.17. The summed E-state index contributed by atoms with van der Waals surface area (Å²) >= 11 is 0. The van der Waals surface area contributed by atoms with E-state index in [-0.39, 0.29) is 0 Å². The fourth-order valence-corrected chi connectivity index (χ4v) is 2.92. The summed E-state index contributed by atoms with van der Waals surface area (Å²) in [6.07, 6.45) is 16.6. The first-order chi connectivity index (χ1) is 11.2. The van der Waals surface area contributed by atoms with Crippen molar-refractivity contribution in [3.8, 4) is 0 Å². The van der Waals surface area contributed by atoms with Gasteiger partial charge in [0, 0.05) is 0 Å². The molecule has 2 heteroatoms. The average molecular weight is 316 g/mol. The molecule has 1 aromatic rings. The summed E-state index contributed by atoms with van der Waals surface area (Å²) in [7, 11) is 0. The molecular formula is C21H32O2. The third-order valence-corrected chi connectivity index (χ3v) is 4.28. The van der Waals surface area contributed by atoms with E-state index >= 15 is 0 Å². The summed E-state index contributed by atoms with van der Waals surface area (Å²) in [5, 5.41) is 9.31. The molecule has 0 unspecified atom stereocenters. The van der Waals surface area contributed by atoms with Crippen LogP contribution in [0.25, 0.3) is 0 Å². The average Bonchev–Trinajstić information content (AvgIpc) is 2.52. The van der Waals surface area contributed by atoms with Crippen molar-refractivity contribution in [1.29, 1.82) is 0 Å². The fourth-order valence-electron chi connectivity index (χ4n) is 2.92. The minimum Gasteiger partial charge on any atom is -0.478 e. The predicted octanol–water partition coefficient (Wildman–Crippen LogP) is 6.32. The largest absolute Gasteiger partial charge is 0.478 e. The molecule has 1 N–H and O–H groups in total. The summed E-state index contributed by atoms with van der Waals surface area (Å²) in [5.41, 5.74) is 2.34. The third-order valence-electron chi connectivity index (χ3n) is 4.28. The van der Waals surface area contributed by atoms with E-state index in [0.717, 1.165) is 36.8 Å². The maximum absolute atomic E-state index is 11.3. The Labute approximate surface area is 141 Å². The lowest BCUT2D eigenvalue weighted by atomic mass is 9.97. The maximum Gasteiger partial charge on any atom is 0.336 e. The van der Waals surface area contributed by atoms with Gasteiger partial charge in [-0.25, -0.2) is 4.79 Å². The van der Waals surface area contributed by atoms with Crippen molar-refractivity contribution in [2.75, 3.05) is 0 Å². The van der Waals surface area contributed by atoms with Crippen LogP contribution >= 0.6 is 0 Å². The SMILES string of the molecule is CCCCCC/C=C\CCCCCc1cccc(C)c1C(=O)O. The molecule has 0 atom stereocenters. The van der Waals surface area contributed by atoms with E-state index in [1.807, 2.05) is 25.1 Å². The van der Waals surface area contributed by atoms with E-state index in [0.29, 0.717) is 5.56 Å². The molecular weight excluding hydrogens is 284 g/mol. The van der Waals surface area contributed by atoms with Crippen LogP contribution in [-0.4, -0.2) is 11.1 Å². The van der Waals surface area contributed by atoms with Gasteiger partial charge in [-0.15, -0.1) is 0 Å². The van der Waals surface area contributed by atoms with Crippen LogP contribution in [0.5, 0.6) is 0 Å². The van der Waals surface area contributed by atoms with Gasteiger partial charge in [0.25, 0.3) is 0 Å². The Kier molecular flexibility index (Phi) is 10.1. The van der Waals surface area contributed by atoms with Crippen molar-refractivity contribution in [2.24, 2.45) is 0 Å². The smallest absolute Gasteiger partial charge is 0.336 e. The number of aromatic carboxylic acids is 1. The van der Waals surface area contributed by atoms with Crippen LogP contribution in [0.4, 0.5) is 0 Å². The second kappa shape index (κ2) is 11.9. The number of hydrogen-bond acceptors (Lipinski definition) is 1. The molecule has 0 radical (unpaired) electrons. The zero-order valence-electron chi connectivity index (χ0n) is 14.8. The molecule has 1 aromatic carbocycles. The van der Waals surface area contributed by atoms with Gasteiger partial charge in [-0.05, 0) is 56.6 Å². The molecule has 1 rings (SSSR count). The van der Waals surface area contributed by atoms with E-state index in [1.165, 1.54) is 38.5 Å². The van der Waals surface area contributed by atoms with Gasteiger partial charge >= 0.3 is 5.97 Å². The monoisotopic (exact) mass is 316 g/mol. The number of hydrogen-bond donors (Lipinski definition) is 1. The Morgan fingerprint density at radius 3 is 2.26 bits per heavy atom. The Hall–Kier alpha value is -1.57. The van der Waals surface area contributed by atoms with Crippen molar-refractivity contribution in [2.45, 2.75) is 78.1 Å². The summed E-state index contributed by atoms with van der Waals surface area (Å²) in [6.45, 7) is 4.12. The number of allylic oxidation sites excluding steroid dienone is 2. The number of carboxylic acids is 1. The molecule has 0 bridgehead atoms. The molecule has 128 valence electrons. The number of benzene rings is 1. The highest BCUT2D eigenvalue weighted by atomic mass is 16.4. The van der Waals surface area contributed by atoms with Crippen molar-refractivity contribution in [3.63, 3.8) is 0 Å². The Morgan fingerprint density at radius 2 is 1.65 bits per heavy atom. The number of unbranched alkanes of at least 4 members (excludes halogenated alkanes) is 7. The zero-order chi connectivity index (χ0) is 16.9. The number of carboxylic acid groups (broad SMARTS) is 1. The first kappa shape index (κ1) is 19.5. The molecule has 0 aliphatic carbocycles. The van der Waals surface area contributed by atoms with Crippen molar-refractivity contribution in [1.82, 2.24) is 0 Å². The second-order valence-corrected chi connectivity index (χ2v) is 6.33. The van der Waals surface area contributed by atoms with Gasteiger partial charge in [-0.1, -0.05) is 63.0 Å². The molecule has 0 amide bonds. The molecule has 23 heavy (non-hydrogen) atoms. The second-order valence-electron chi connectivity index (χ2n) is 6.33. The van der Waals surface area contributed by atoms with E-state index in [1.54, 1.807) is 0 Å². The van der Waals surface area contributed by atoms with Crippen LogP contribution in [0.1, 0.15) is 86.2 Å². The molecule has 0 fully saturated rings. The molecule has 2 nitrogen and oxygen atoms in total. The summed E-state index contributed by atoms with van der Waals surface area (Å²) in [6, 6.07) is 5.78. The van der Waals surface area contributed by atoms with Gasteiger partial charge in [0.2, 0.25) is 0 Å². The number of rotatable bonds is 12. The molecule has 0 saturated heterocycles. The summed E-state index contributed by atoms with van der Waals surface area (Å²) < 4.78 is 0. The topological polar surface area (TPSA) is 37.3 Å². The highest BCUT2D eigenvalue weighted by Gasteiger charge is 2.11. The standard InChI is InChI=1S/C21H32O2/c1-3-4-5-6-7-8-9-10-11-12-13-16-19-17-14-15-18(2)20(19)21(22)23/h8-9,14-15,17H,3-7,10-13,16H2,1-2H3,(H,22,23)/b9-8-. The summed E-state index contributed by atoms with van der Waals surface area (Å²) in [5.74, 6) is -0.802. The predicted molar refractivity (Wildman–Crippen MR) is 98.2 cm³/mol. The third kappa shape index (κ3) is 8.01. The lowest BCUT2D eigenvalue weighted by Gasteiger charge is -2.08. The maximum atomic E-state index is 11.3. The normalized spacial score (nSPS) is 11.2. The number of aryl methyl sites for hydroxylation is 2. The van der Waals surface area contributed by atoms with Crippen molar-refractivity contribution < 1.29 is 9.90 Å². The minimum atomic E-state index is -0.802. The van der Waals surface area contributed by atoms with E-state index in [9.17, 15) is 9.90 Å². The van der Waals surface area contributed by atoms with Gasteiger partial charge in [0.1, 0.15) is 0 Å². The fraction of sp³-hybridized carbons (Fsp3) is 0.571. The Morgan fingerprint density at radius 1 is 1.00 bits per heavy atom. The van der Waals surface area contributed by atoms with Crippen LogP contribution in [0.2, 0.25) is 0 Å². The van der Waals surface area contributed by atoms with Crippen LogP contribution in [-0.2, 0) is 6.42 Å². The van der Waals surface area contributed by atoms with Crippen LogP contribution < -0.4 is 0 Å². The van der Waals surface area contributed by atoms with Crippen LogP contribution in [0.15, 0.2) is 30.4 Å². The highest BCUT2D eigenvalue weighted by Crippen LogP contribution is 2.17. The zero-order valence-corrected chi connectivity index (χ0v) is 14.8. The van der Waals surface area contributed by atoms with Gasteiger partial charge in [-0.3, -0.25) is 0 Å². The van der Waals surface area contributed by atoms with Gasteiger partial charge < -0.3 is 5.11 Å². The van der Waals surface area contributed by atoms with Gasteiger partial charge in [0.15, 0.2) is 0 Å². The lowest BCUT2D eigenvalue weighted by molar-refractivity contribution is 0.0695. The van der Waals surface area contributed by atoms with Crippen LogP contribution in [0.3, 0.4) is 0 Å².